The van der Waals surface area contributed by atoms with Crippen LogP contribution in [-0.4, -0.2) is 38.7 Å². The van der Waals surface area contributed by atoms with Gasteiger partial charge >= 0.3 is 5.97 Å². The summed E-state index contributed by atoms with van der Waals surface area (Å²) in [6.07, 6.45) is 0.628. The molecule has 0 saturated carbocycles. The second-order valence-corrected chi connectivity index (χ2v) is 4.30. The van der Waals surface area contributed by atoms with Gasteiger partial charge in [0.2, 0.25) is 5.91 Å². The Balaban J connectivity index is 2.21. The second-order valence-electron chi connectivity index (χ2n) is 4.30. The van der Waals surface area contributed by atoms with Gasteiger partial charge in [-0.15, -0.1) is 0 Å². The molecule has 0 aliphatic heterocycles. The molecule has 0 aliphatic carbocycles. The van der Waals surface area contributed by atoms with E-state index < -0.39 is 0 Å². The first-order valence-electron chi connectivity index (χ1n) is 6.96. The van der Waals surface area contributed by atoms with Gasteiger partial charge in [0.05, 0.1) is 25.8 Å². The predicted molar refractivity (Wildman–Crippen MR) is 80.4 cm³/mol. The summed E-state index contributed by atoms with van der Waals surface area (Å²) in [6.45, 7) is 3.16. The number of ether oxygens (including phenoxy) is 2. The number of esters is 1. The fourth-order valence-electron chi connectivity index (χ4n) is 1.71. The highest BCUT2D eigenvalue weighted by Crippen LogP contribution is 2.22. The lowest BCUT2D eigenvalue weighted by Gasteiger charge is -2.10. The summed E-state index contributed by atoms with van der Waals surface area (Å²) in [6, 6.07) is 7.24. The molecule has 0 aromatic heterocycles. The minimum atomic E-state index is -0.233. The molecule has 0 aliphatic rings. The fraction of sp³-hybridized carbons (Fsp3) is 0.467. The normalized spacial score (nSPS) is 10.0. The summed E-state index contributed by atoms with van der Waals surface area (Å²) in [5, 5.41) is 5.81. The van der Waals surface area contributed by atoms with Crippen LogP contribution < -0.4 is 15.4 Å². The van der Waals surface area contributed by atoms with Crippen LogP contribution in [0.25, 0.3) is 0 Å². The van der Waals surface area contributed by atoms with Crippen LogP contribution in [0.3, 0.4) is 0 Å². The Kier molecular flexibility index (Phi) is 7.89. The van der Waals surface area contributed by atoms with Crippen LogP contribution in [0.1, 0.15) is 19.8 Å². The maximum Gasteiger partial charge on any atom is 0.307 e. The highest BCUT2D eigenvalue weighted by molar-refractivity contribution is 5.92. The van der Waals surface area contributed by atoms with Crippen molar-refractivity contribution in [1.82, 2.24) is 5.32 Å². The zero-order chi connectivity index (χ0) is 15.5. The average Bonchev–Trinajstić information content (AvgIpc) is 2.47. The number of nitrogens with one attached hydrogen (secondary N) is 2. The van der Waals surface area contributed by atoms with Crippen molar-refractivity contribution in [2.24, 2.45) is 0 Å². The molecule has 116 valence electrons. The molecule has 0 heterocycles. The predicted octanol–water partition coefficient (Wildman–Crippen LogP) is 1.57. The van der Waals surface area contributed by atoms with Gasteiger partial charge in [-0.3, -0.25) is 9.59 Å². The summed E-state index contributed by atoms with van der Waals surface area (Å²) >= 11 is 0. The minimum Gasteiger partial charge on any atom is -0.495 e. The highest BCUT2D eigenvalue weighted by Gasteiger charge is 2.06. The van der Waals surface area contributed by atoms with Crippen molar-refractivity contribution < 1.29 is 19.1 Å². The third-order valence-electron chi connectivity index (χ3n) is 2.72. The Hall–Kier alpha value is -2.08. The number of para-hydroxylation sites is 2. The standard InChI is InChI=1S/C15H22N2O4/c1-3-21-15(19)9-11-16-10-8-14(18)17-12-6-4-5-7-13(12)20-2/h4-7,16H,3,8-11H2,1-2H3,(H,17,18). The Morgan fingerprint density at radius 3 is 2.57 bits per heavy atom. The Morgan fingerprint density at radius 2 is 1.86 bits per heavy atom. The molecule has 1 rings (SSSR count). The zero-order valence-corrected chi connectivity index (χ0v) is 12.5. The molecule has 0 unspecified atom stereocenters. The quantitative estimate of drug-likeness (QED) is 0.534. The van der Waals surface area contributed by atoms with Gasteiger partial charge in [0.15, 0.2) is 0 Å². The van der Waals surface area contributed by atoms with E-state index in [0.29, 0.717) is 44.0 Å². The van der Waals surface area contributed by atoms with Crippen molar-refractivity contribution in [3.05, 3.63) is 24.3 Å². The van der Waals surface area contributed by atoms with Crippen molar-refractivity contribution in [3.63, 3.8) is 0 Å². The number of anilines is 1. The number of methoxy groups -OCH3 is 1. The van der Waals surface area contributed by atoms with Crippen molar-refractivity contribution in [1.29, 1.82) is 0 Å². The molecule has 0 fully saturated rings. The van der Waals surface area contributed by atoms with Gasteiger partial charge < -0.3 is 20.1 Å². The zero-order valence-electron chi connectivity index (χ0n) is 12.5. The number of hydrogen-bond donors (Lipinski definition) is 2. The van der Waals surface area contributed by atoms with Gasteiger partial charge in [-0.2, -0.15) is 0 Å². The third kappa shape index (κ3) is 6.76. The Morgan fingerprint density at radius 1 is 1.14 bits per heavy atom. The van der Waals surface area contributed by atoms with E-state index in [-0.39, 0.29) is 11.9 Å². The van der Waals surface area contributed by atoms with Gasteiger partial charge in [0, 0.05) is 19.5 Å². The number of rotatable bonds is 9. The maximum atomic E-state index is 11.8. The SMILES string of the molecule is CCOC(=O)CCNCCC(=O)Nc1ccccc1OC. The van der Waals surface area contributed by atoms with Crippen molar-refractivity contribution in [2.45, 2.75) is 19.8 Å². The molecular formula is C15H22N2O4. The maximum absolute atomic E-state index is 11.8. The number of carbonyl (C=O) groups excluding carboxylic acids is 2. The summed E-state index contributed by atoms with van der Waals surface area (Å²) in [7, 11) is 1.56. The first kappa shape index (κ1) is 17.0. The minimum absolute atomic E-state index is 0.108. The first-order chi connectivity index (χ1) is 10.2. The summed E-state index contributed by atoms with van der Waals surface area (Å²) in [5.74, 6) is 0.285. The lowest BCUT2D eigenvalue weighted by atomic mass is 10.2. The summed E-state index contributed by atoms with van der Waals surface area (Å²) in [4.78, 5) is 22.9. The summed E-state index contributed by atoms with van der Waals surface area (Å²) in [5.41, 5.74) is 0.650. The molecule has 6 nitrogen and oxygen atoms in total. The number of hydrogen-bond acceptors (Lipinski definition) is 5. The van der Waals surface area contributed by atoms with E-state index in [1.807, 2.05) is 12.1 Å². The van der Waals surface area contributed by atoms with Crippen molar-refractivity contribution in [2.75, 3.05) is 32.1 Å². The third-order valence-corrected chi connectivity index (χ3v) is 2.72. The van der Waals surface area contributed by atoms with E-state index in [1.54, 1.807) is 26.2 Å². The van der Waals surface area contributed by atoms with Crippen LogP contribution in [0.2, 0.25) is 0 Å². The molecule has 0 bridgehead atoms. The van der Waals surface area contributed by atoms with Gasteiger partial charge in [0.1, 0.15) is 5.75 Å². The van der Waals surface area contributed by atoms with Gasteiger partial charge in [-0.1, -0.05) is 12.1 Å². The van der Waals surface area contributed by atoms with Crippen molar-refractivity contribution in [3.8, 4) is 5.75 Å². The van der Waals surface area contributed by atoms with E-state index in [4.69, 9.17) is 9.47 Å². The molecule has 0 radical (unpaired) electrons. The van der Waals surface area contributed by atoms with Crippen LogP contribution >= 0.6 is 0 Å². The van der Waals surface area contributed by atoms with Crippen LogP contribution in [0.15, 0.2) is 24.3 Å². The van der Waals surface area contributed by atoms with Crippen LogP contribution in [0.5, 0.6) is 5.75 Å². The first-order valence-corrected chi connectivity index (χ1v) is 6.96. The largest absolute Gasteiger partial charge is 0.495 e. The van der Waals surface area contributed by atoms with E-state index in [0.717, 1.165) is 0 Å². The summed E-state index contributed by atoms with van der Waals surface area (Å²) < 4.78 is 9.96. The van der Waals surface area contributed by atoms with Gasteiger partial charge in [-0.25, -0.2) is 0 Å². The molecule has 0 saturated heterocycles. The molecule has 6 heteroatoms. The molecule has 1 amide bonds. The lowest BCUT2D eigenvalue weighted by molar-refractivity contribution is -0.142. The van der Waals surface area contributed by atoms with E-state index in [9.17, 15) is 9.59 Å². The fourth-order valence-corrected chi connectivity index (χ4v) is 1.71. The monoisotopic (exact) mass is 294 g/mol. The molecule has 1 aromatic rings. The van der Waals surface area contributed by atoms with Gasteiger partial charge in [0.25, 0.3) is 0 Å². The molecule has 21 heavy (non-hydrogen) atoms. The Bertz CT molecular complexity index is 463. The average molecular weight is 294 g/mol. The number of benzene rings is 1. The molecule has 0 atom stereocenters. The molecule has 1 aromatic carbocycles. The van der Waals surface area contributed by atoms with Crippen LogP contribution in [0, 0.1) is 0 Å². The number of amides is 1. The second kappa shape index (κ2) is 9.77. The highest BCUT2D eigenvalue weighted by atomic mass is 16.5. The van der Waals surface area contributed by atoms with E-state index >= 15 is 0 Å². The van der Waals surface area contributed by atoms with Gasteiger partial charge in [-0.05, 0) is 19.1 Å². The Labute approximate surface area is 124 Å². The lowest BCUT2D eigenvalue weighted by Crippen LogP contribution is -2.24. The molecule has 0 spiro atoms. The van der Waals surface area contributed by atoms with E-state index in [1.165, 1.54) is 0 Å². The van der Waals surface area contributed by atoms with Crippen molar-refractivity contribution >= 4 is 17.6 Å². The molecular weight excluding hydrogens is 272 g/mol. The van der Waals surface area contributed by atoms with Crippen LogP contribution in [-0.2, 0) is 14.3 Å². The topological polar surface area (TPSA) is 76.7 Å². The van der Waals surface area contributed by atoms with Crippen LogP contribution in [0.4, 0.5) is 5.69 Å². The smallest absolute Gasteiger partial charge is 0.307 e. The number of carbonyl (C=O) groups is 2. The molecule has 2 N–H and O–H groups in total. The van der Waals surface area contributed by atoms with E-state index in [2.05, 4.69) is 10.6 Å².